The lowest BCUT2D eigenvalue weighted by atomic mass is 9.49. The van der Waals surface area contributed by atoms with Crippen molar-refractivity contribution in [3.05, 3.63) is 0 Å². The van der Waals surface area contributed by atoms with E-state index in [2.05, 4.69) is 0 Å². The number of ether oxygens (including phenoxy) is 6. The number of aliphatic hydroxyl groups is 2. The van der Waals surface area contributed by atoms with E-state index in [9.17, 15) is 24.6 Å². The van der Waals surface area contributed by atoms with Crippen molar-refractivity contribution in [2.45, 2.75) is 145 Å². The quantitative estimate of drug-likeness (QED) is 0.274. The molecule has 0 aromatic heterocycles. The van der Waals surface area contributed by atoms with Gasteiger partial charge >= 0.3 is 17.9 Å². The summed E-state index contributed by atoms with van der Waals surface area (Å²) < 4.78 is 37.3. The molecule has 5 heterocycles. The van der Waals surface area contributed by atoms with E-state index in [-0.39, 0.29) is 43.0 Å². The summed E-state index contributed by atoms with van der Waals surface area (Å²) in [6, 6.07) is 0. The Morgan fingerprint density at radius 1 is 1.02 bits per heavy atom. The number of cyclic esters (lactones) is 1. The summed E-state index contributed by atoms with van der Waals surface area (Å²) in [6.45, 7) is 11.1. The topological polar surface area (TPSA) is 150 Å². The summed E-state index contributed by atoms with van der Waals surface area (Å²) >= 11 is 0. The Hall–Kier alpha value is -1.79. The molecule has 2 N–H and O–H groups in total. The van der Waals surface area contributed by atoms with E-state index < -0.39 is 87.9 Å². The van der Waals surface area contributed by atoms with Gasteiger partial charge in [0.25, 0.3) is 0 Å². The molecule has 11 nitrogen and oxygen atoms in total. The maximum absolute atomic E-state index is 12.8. The average Bonchev–Trinajstić information content (AvgIpc) is 3.05. The molecule has 5 saturated heterocycles. The van der Waals surface area contributed by atoms with Gasteiger partial charge in [-0.25, -0.2) is 4.79 Å². The number of epoxide rings is 1. The Morgan fingerprint density at radius 3 is 2.38 bits per heavy atom. The van der Waals surface area contributed by atoms with E-state index in [0.29, 0.717) is 19.3 Å². The highest BCUT2D eigenvalue weighted by Gasteiger charge is 2.83. The molecule has 11 heteroatoms. The van der Waals surface area contributed by atoms with Gasteiger partial charge in [0, 0.05) is 31.1 Å². The first-order valence-corrected chi connectivity index (χ1v) is 15.6. The molecule has 0 amide bonds. The second kappa shape index (κ2) is 7.88. The summed E-state index contributed by atoms with van der Waals surface area (Å²) in [5.41, 5.74) is -6.15. The van der Waals surface area contributed by atoms with Crippen LogP contribution in [0.4, 0.5) is 0 Å². The monoisotopic (exact) mass is 590 g/mol. The summed E-state index contributed by atoms with van der Waals surface area (Å²) in [5.74, 6) is -2.23. The maximum atomic E-state index is 12.8. The van der Waals surface area contributed by atoms with E-state index in [0.717, 1.165) is 0 Å². The largest absolute Gasteiger partial charge is 0.459 e. The van der Waals surface area contributed by atoms with Crippen molar-refractivity contribution in [3.63, 3.8) is 0 Å². The van der Waals surface area contributed by atoms with Crippen molar-refractivity contribution in [2.75, 3.05) is 0 Å². The molecule has 8 rings (SSSR count). The molecule has 3 saturated carbocycles. The van der Waals surface area contributed by atoms with Gasteiger partial charge in [-0.15, -0.1) is 0 Å². The van der Waals surface area contributed by atoms with Crippen molar-refractivity contribution in [3.8, 4) is 0 Å². The molecule has 232 valence electrons. The van der Waals surface area contributed by atoms with Gasteiger partial charge < -0.3 is 38.6 Å². The zero-order valence-corrected chi connectivity index (χ0v) is 25.1. The molecule has 3 aliphatic carbocycles. The van der Waals surface area contributed by atoms with Gasteiger partial charge in [0.1, 0.15) is 35.6 Å². The minimum absolute atomic E-state index is 0.0662. The van der Waals surface area contributed by atoms with Gasteiger partial charge in [0.2, 0.25) is 0 Å². The molecule has 0 unspecified atom stereocenters. The number of fused-ring (bicyclic) bond motifs is 3. The summed E-state index contributed by atoms with van der Waals surface area (Å²) in [5, 5.41) is 24.8. The van der Waals surface area contributed by atoms with Crippen molar-refractivity contribution in [2.24, 2.45) is 29.1 Å². The lowest BCUT2D eigenvalue weighted by molar-refractivity contribution is -0.294. The van der Waals surface area contributed by atoms with Gasteiger partial charge in [-0.05, 0) is 57.8 Å². The van der Waals surface area contributed by atoms with E-state index in [1.54, 1.807) is 6.92 Å². The molecule has 8 aliphatic rings. The Morgan fingerprint density at radius 2 is 1.74 bits per heavy atom. The number of carbonyl (C=O) groups is 3. The number of aliphatic hydroxyl groups excluding tert-OH is 1. The zero-order chi connectivity index (χ0) is 30.0. The SMILES string of the molecule is CC(=O)O[C@H]1C[C@]2(O)C[C@]34OC(=O)C[C@H]3OC(C)(C)[C@@H]4CC[C@H]2[C@@]2(C)[C@@H](O)C[C@@H]3[C@H](C)[C@H]([C@@H]4OC(=O)[C@@]5(C)O[C@@H]45)O[C@@]132. The van der Waals surface area contributed by atoms with Crippen LogP contribution in [0.3, 0.4) is 0 Å². The fourth-order valence-electron chi connectivity index (χ4n) is 11.6. The van der Waals surface area contributed by atoms with Crippen molar-refractivity contribution in [1.29, 1.82) is 0 Å². The Labute approximate surface area is 244 Å². The summed E-state index contributed by atoms with van der Waals surface area (Å²) in [7, 11) is 0. The van der Waals surface area contributed by atoms with Crippen molar-refractivity contribution >= 4 is 17.9 Å². The Balaban J connectivity index is 1.24. The predicted octanol–water partition coefficient (Wildman–Crippen LogP) is 1.58. The standard InChI is InChI=1S/C31H42O11/c1-13-15-9-18(33)27(5)17-8-7-16-26(3,4)39-19-10-21(34)40-30(16,19)12-29(17,36)11-20(37-14(2)32)31(15,27)41-22(13)23-24-28(6,42-24)25(35)38-23/h13,15-20,22-24,33,36H,7-12H2,1-6H3/t13-,15+,16-,17-,18-,19+,20-,22+,23-,24-,27-,28-,29-,30+,31+/m0/s1. The molecule has 0 bridgehead atoms. The molecule has 0 radical (unpaired) electrons. The molecule has 15 atom stereocenters. The van der Waals surface area contributed by atoms with Crippen molar-refractivity contribution in [1.82, 2.24) is 0 Å². The molecule has 0 aromatic carbocycles. The van der Waals surface area contributed by atoms with Crippen LogP contribution >= 0.6 is 0 Å². The lowest BCUT2D eigenvalue weighted by Gasteiger charge is -2.61. The number of hydrogen-bond donors (Lipinski definition) is 2. The molecular weight excluding hydrogens is 548 g/mol. The van der Waals surface area contributed by atoms with Gasteiger partial charge in [0.15, 0.2) is 11.7 Å². The minimum atomic E-state index is -1.44. The minimum Gasteiger partial charge on any atom is -0.459 e. The van der Waals surface area contributed by atoms with Crippen LogP contribution in [0, 0.1) is 29.1 Å². The zero-order valence-electron chi connectivity index (χ0n) is 25.1. The van der Waals surface area contributed by atoms with Crippen LogP contribution in [0.1, 0.15) is 80.1 Å². The first-order valence-electron chi connectivity index (χ1n) is 15.6. The fraction of sp³-hybridized carbons (Fsp3) is 0.903. The van der Waals surface area contributed by atoms with Gasteiger partial charge in [-0.3, -0.25) is 9.59 Å². The average molecular weight is 591 g/mol. The highest BCUT2D eigenvalue weighted by atomic mass is 16.7. The first kappa shape index (κ1) is 27.7. The highest BCUT2D eigenvalue weighted by molar-refractivity contribution is 5.86. The van der Waals surface area contributed by atoms with Crippen LogP contribution in [0.15, 0.2) is 0 Å². The third kappa shape index (κ3) is 2.98. The molecule has 2 spiro atoms. The number of esters is 3. The molecule has 5 aliphatic heterocycles. The molecule has 42 heavy (non-hydrogen) atoms. The number of carbonyl (C=O) groups excluding carboxylic acids is 3. The van der Waals surface area contributed by atoms with Crippen molar-refractivity contribution < 1.29 is 53.0 Å². The van der Waals surface area contributed by atoms with Gasteiger partial charge in [0.05, 0.1) is 23.7 Å². The second-order valence-corrected chi connectivity index (χ2v) is 15.5. The molecule has 8 fully saturated rings. The molecular formula is C31H42O11. The van der Waals surface area contributed by atoms with E-state index in [1.165, 1.54) is 6.92 Å². The van der Waals surface area contributed by atoms with E-state index >= 15 is 0 Å². The fourth-order valence-corrected chi connectivity index (χ4v) is 11.6. The Kier molecular flexibility index (Phi) is 5.21. The summed E-state index contributed by atoms with van der Waals surface area (Å²) in [6.07, 6.45) is -1.89. The van der Waals surface area contributed by atoms with Crippen LogP contribution in [0.2, 0.25) is 0 Å². The van der Waals surface area contributed by atoms with Crippen LogP contribution < -0.4 is 0 Å². The third-order valence-corrected chi connectivity index (χ3v) is 13.3. The lowest BCUT2D eigenvalue weighted by Crippen LogP contribution is -2.72. The normalized spacial score (nSPS) is 59.8. The third-order valence-electron chi connectivity index (χ3n) is 13.3. The summed E-state index contributed by atoms with van der Waals surface area (Å²) in [4.78, 5) is 37.9. The van der Waals surface area contributed by atoms with Gasteiger partial charge in [-0.1, -0.05) is 13.8 Å². The number of rotatable bonds is 2. The molecule has 0 aromatic rings. The highest BCUT2D eigenvalue weighted by Crippen LogP contribution is 2.73. The van der Waals surface area contributed by atoms with E-state index in [4.69, 9.17) is 28.4 Å². The maximum Gasteiger partial charge on any atom is 0.341 e. The number of hydrogen-bond acceptors (Lipinski definition) is 11. The van der Waals surface area contributed by atoms with Crippen LogP contribution in [0.5, 0.6) is 0 Å². The van der Waals surface area contributed by atoms with E-state index in [1.807, 2.05) is 27.7 Å². The smallest absolute Gasteiger partial charge is 0.341 e. The Bertz CT molecular complexity index is 1280. The second-order valence-electron chi connectivity index (χ2n) is 15.5. The van der Waals surface area contributed by atoms with Crippen LogP contribution in [-0.4, -0.2) is 92.8 Å². The van der Waals surface area contributed by atoms with Gasteiger partial charge in [-0.2, -0.15) is 0 Å². The predicted molar refractivity (Wildman–Crippen MR) is 140 cm³/mol. The van der Waals surface area contributed by atoms with Crippen LogP contribution in [0.25, 0.3) is 0 Å². The van der Waals surface area contributed by atoms with Crippen LogP contribution in [-0.2, 0) is 42.8 Å². The first-order chi connectivity index (χ1) is 19.5.